The molecular weight excluding hydrogens is 359 g/mol. The van der Waals surface area contributed by atoms with E-state index in [1.165, 1.54) is 6.21 Å². The molecule has 0 aliphatic rings. The van der Waals surface area contributed by atoms with Crippen LogP contribution in [0.1, 0.15) is 5.56 Å². The van der Waals surface area contributed by atoms with Gasteiger partial charge in [-0.25, -0.2) is 5.43 Å². The lowest BCUT2D eigenvalue weighted by atomic mass is 10.2. The molecule has 0 aliphatic heterocycles. The van der Waals surface area contributed by atoms with Gasteiger partial charge in [0.05, 0.1) is 21.8 Å². The van der Waals surface area contributed by atoms with Crippen LogP contribution in [0.15, 0.2) is 47.6 Å². The lowest BCUT2D eigenvalue weighted by Gasteiger charge is -2.01. The predicted octanol–water partition coefficient (Wildman–Crippen LogP) is 4.27. The summed E-state index contributed by atoms with van der Waals surface area (Å²) in [5, 5.41) is 14.5. The molecule has 0 aliphatic carbocycles. The van der Waals surface area contributed by atoms with E-state index < -0.39 is 0 Å². The highest BCUT2D eigenvalue weighted by atomic mass is 35.5. The first-order chi connectivity index (χ1) is 12.1. The number of hydrazone groups is 1. The summed E-state index contributed by atoms with van der Waals surface area (Å²) in [5.74, 6) is 0.290. The van der Waals surface area contributed by atoms with Gasteiger partial charge in [0.15, 0.2) is 5.65 Å². The lowest BCUT2D eigenvalue weighted by Crippen LogP contribution is -2.01. The molecular formula is C17H12Cl2N6. The third-order valence-electron chi connectivity index (χ3n) is 3.86. The van der Waals surface area contributed by atoms with Gasteiger partial charge in [-0.05, 0) is 18.2 Å². The molecule has 2 heterocycles. The molecule has 0 saturated heterocycles. The highest BCUT2D eigenvalue weighted by Crippen LogP contribution is 2.25. The first-order valence-corrected chi connectivity index (χ1v) is 8.21. The van der Waals surface area contributed by atoms with E-state index in [0.29, 0.717) is 15.6 Å². The number of rotatable bonds is 3. The third-order valence-corrected chi connectivity index (χ3v) is 4.52. The minimum atomic E-state index is 0.290. The molecule has 0 amide bonds. The van der Waals surface area contributed by atoms with Crippen molar-refractivity contribution in [1.82, 2.24) is 19.7 Å². The number of anilines is 1. The van der Waals surface area contributed by atoms with Crippen LogP contribution in [0.3, 0.4) is 0 Å². The van der Waals surface area contributed by atoms with E-state index in [4.69, 9.17) is 23.2 Å². The molecule has 0 atom stereocenters. The number of aryl methyl sites for hydroxylation is 1. The van der Waals surface area contributed by atoms with Gasteiger partial charge < -0.3 is 4.57 Å². The van der Waals surface area contributed by atoms with Crippen LogP contribution >= 0.6 is 23.2 Å². The average molecular weight is 371 g/mol. The van der Waals surface area contributed by atoms with Crippen molar-refractivity contribution in [2.75, 3.05) is 5.43 Å². The van der Waals surface area contributed by atoms with Crippen molar-refractivity contribution in [3.8, 4) is 0 Å². The van der Waals surface area contributed by atoms with Crippen LogP contribution in [0.2, 0.25) is 10.0 Å². The summed E-state index contributed by atoms with van der Waals surface area (Å²) in [5.41, 5.74) is 5.91. The summed E-state index contributed by atoms with van der Waals surface area (Å²) in [6.07, 6.45) is 1.53. The van der Waals surface area contributed by atoms with Gasteiger partial charge in [0.25, 0.3) is 5.95 Å². The van der Waals surface area contributed by atoms with Crippen molar-refractivity contribution in [2.24, 2.45) is 12.1 Å². The van der Waals surface area contributed by atoms with Gasteiger partial charge in [0, 0.05) is 18.0 Å². The maximum atomic E-state index is 6.10. The zero-order valence-corrected chi connectivity index (χ0v) is 14.6. The maximum Gasteiger partial charge on any atom is 0.265 e. The summed E-state index contributed by atoms with van der Waals surface area (Å²) < 4.78 is 1.97. The van der Waals surface area contributed by atoms with Crippen LogP contribution < -0.4 is 5.43 Å². The van der Waals surface area contributed by atoms with E-state index in [2.05, 4.69) is 25.7 Å². The Bertz CT molecular complexity index is 1100. The number of nitrogens with zero attached hydrogens (tertiary/aromatic N) is 5. The van der Waals surface area contributed by atoms with Gasteiger partial charge in [0.1, 0.15) is 5.52 Å². The number of nitrogens with one attached hydrogen (secondary N) is 1. The van der Waals surface area contributed by atoms with Gasteiger partial charge in [-0.15, -0.1) is 10.2 Å². The van der Waals surface area contributed by atoms with Crippen LogP contribution in [-0.4, -0.2) is 26.0 Å². The Labute approximate surface area is 153 Å². The number of benzene rings is 2. The summed E-state index contributed by atoms with van der Waals surface area (Å²) in [6, 6.07) is 13.2. The topological polar surface area (TPSA) is 68.0 Å². The number of fused-ring (bicyclic) bond motifs is 3. The van der Waals surface area contributed by atoms with Crippen molar-refractivity contribution in [1.29, 1.82) is 0 Å². The highest BCUT2D eigenvalue weighted by molar-refractivity contribution is 6.38. The summed E-state index contributed by atoms with van der Waals surface area (Å²) in [6.45, 7) is 0. The standard InChI is InChI=1S/C17H12Cl2N6/c1-25-14-8-3-2-5-10(14)15-16(25)21-17(24-22-15)23-20-9-11-12(18)6-4-7-13(11)19/h2-9H,1H3,(H,21,23,24). The Morgan fingerprint density at radius 1 is 1.04 bits per heavy atom. The normalized spacial score (nSPS) is 11.6. The van der Waals surface area contributed by atoms with E-state index >= 15 is 0 Å². The largest absolute Gasteiger partial charge is 0.327 e. The van der Waals surface area contributed by atoms with Gasteiger partial charge in [-0.1, -0.05) is 47.5 Å². The molecule has 2 aromatic carbocycles. The molecule has 8 heteroatoms. The second-order valence-corrected chi connectivity index (χ2v) is 6.20. The van der Waals surface area contributed by atoms with E-state index in [9.17, 15) is 0 Å². The first kappa shape index (κ1) is 15.8. The Morgan fingerprint density at radius 2 is 1.80 bits per heavy atom. The second-order valence-electron chi connectivity index (χ2n) is 5.39. The van der Waals surface area contributed by atoms with Gasteiger partial charge in [-0.2, -0.15) is 10.1 Å². The molecule has 0 saturated carbocycles. The van der Waals surface area contributed by atoms with E-state index in [1.807, 2.05) is 35.9 Å². The fourth-order valence-corrected chi connectivity index (χ4v) is 3.14. The number of para-hydroxylation sites is 1. The summed E-state index contributed by atoms with van der Waals surface area (Å²) >= 11 is 12.2. The zero-order valence-electron chi connectivity index (χ0n) is 13.1. The minimum absolute atomic E-state index is 0.290. The van der Waals surface area contributed by atoms with Crippen molar-refractivity contribution >= 4 is 57.4 Å². The fraction of sp³-hybridized carbons (Fsp3) is 0.0588. The molecule has 1 N–H and O–H groups in total. The molecule has 25 heavy (non-hydrogen) atoms. The molecule has 0 spiro atoms. The highest BCUT2D eigenvalue weighted by Gasteiger charge is 2.11. The van der Waals surface area contributed by atoms with Crippen molar-refractivity contribution in [2.45, 2.75) is 0 Å². The van der Waals surface area contributed by atoms with Crippen molar-refractivity contribution in [3.63, 3.8) is 0 Å². The van der Waals surface area contributed by atoms with Gasteiger partial charge >= 0.3 is 0 Å². The molecule has 0 radical (unpaired) electrons. The van der Waals surface area contributed by atoms with E-state index in [1.54, 1.807) is 18.2 Å². The molecule has 124 valence electrons. The van der Waals surface area contributed by atoms with Crippen molar-refractivity contribution in [3.05, 3.63) is 58.1 Å². The average Bonchev–Trinajstić information content (AvgIpc) is 2.90. The molecule has 0 unspecified atom stereocenters. The molecule has 0 fully saturated rings. The third kappa shape index (κ3) is 2.79. The van der Waals surface area contributed by atoms with Crippen LogP contribution in [0.4, 0.5) is 5.95 Å². The smallest absolute Gasteiger partial charge is 0.265 e. The number of aromatic nitrogens is 4. The fourth-order valence-electron chi connectivity index (χ4n) is 2.64. The SMILES string of the molecule is Cn1c2ccccc2c2nnc(NN=Cc3c(Cl)cccc3Cl)nc21. The number of hydrogen-bond donors (Lipinski definition) is 1. The number of hydrogen-bond acceptors (Lipinski definition) is 5. The quantitative estimate of drug-likeness (QED) is 0.431. The Morgan fingerprint density at radius 3 is 2.60 bits per heavy atom. The summed E-state index contributed by atoms with van der Waals surface area (Å²) in [7, 11) is 1.94. The van der Waals surface area contributed by atoms with Crippen LogP contribution in [0, 0.1) is 0 Å². The van der Waals surface area contributed by atoms with Crippen LogP contribution in [0.25, 0.3) is 22.1 Å². The van der Waals surface area contributed by atoms with Crippen LogP contribution in [0.5, 0.6) is 0 Å². The molecule has 4 aromatic rings. The Balaban J connectivity index is 1.67. The number of halogens is 2. The molecule has 6 nitrogen and oxygen atoms in total. The maximum absolute atomic E-state index is 6.10. The van der Waals surface area contributed by atoms with E-state index in [0.717, 1.165) is 22.1 Å². The Kier molecular flexibility index (Phi) is 3.99. The van der Waals surface area contributed by atoms with Crippen LogP contribution in [-0.2, 0) is 7.05 Å². The zero-order chi connectivity index (χ0) is 17.4. The lowest BCUT2D eigenvalue weighted by molar-refractivity contribution is 0.949. The van der Waals surface area contributed by atoms with Gasteiger partial charge in [0.2, 0.25) is 0 Å². The van der Waals surface area contributed by atoms with Gasteiger partial charge in [-0.3, -0.25) is 0 Å². The Hall–Kier alpha value is -2.70. The van der Waals surface area contributed by atoms with E-state index in [-0.39, 0.29) is 5.95 Å². The second kappa shape index (κ2) is 6.31. The molecule has 0 bridgehead atoms. The monoisotopic (exact) mass is 370 g/mol. The van der Waals surface area contributed by atoms with Crippen molar-refractivity contribution < 1.29 is 0 Å². The molecule has 4 rings (SSSR count). The predicted molar refractivity (Wildman–Crippen MR) is 101 cm³/mol. The minimum Gasteiger partial charge on any atom is -0.327 e. The first-order valence-electron chi connectivity index (χ1n) is 7.46. The summed E-state index contributed by atoms with van der Waals surface area (Å²) in [4.78, 5) is 4.49. The molecule has 2 aromatic heterocycles.